The van der Waals surface area contributed by atoms with Crippen LogP contribution in [0.1, 0.15) is 26.5 Å². The van der Waals surface area contributed by atoms with Gasteiger partial charge in [-0.3, -0.25) is 20.4 Å². The van der Waals surface area contributed by atoms with E-state index in [0.717, 1.165) is 16.6 Å². The average molecular weight is 361 g/mol. The van der Waals surface area contributed by atoms with Gasteiger partial charge in [0.2, 0.25) is 0 Å². The van der Waals surface area contributed by atoms with E-state index in [2.05, 4.69) is 20.9 Å². The summed E-state index contributed by atoms with van der Waals surface area (Å²) in [6.07, 6.45) is 2.99. The fourth-order valence-corrected chi connectivity index (χ4v) is 2.74. The molecule has 4 aromatic rings. The first kappa shape index (κ1) is 16.5. The minimum Gasteiger partial charge on any atom is -0.451 e. The summed E-state index contributed by atoms with van der Waals surface area (Å²) in [7, 11) is 0. The highest BCUT2D eigenvalue weighted by atomic mass is 16.3. The smallest absolute Gasteiger partial charge is 0.305 e. The Bertz CT molecular complexity index is 1110. The van der Waals surface area contributed by atoms with Gasteiger partial charge in [0.05, 0.1) is 5.69 Å². The molecular formula is C19H15N5O3. The van der Waals surface area contributed by atoms with Gasteiger partial charge in [0, 0.05) is 16.5 Å². The Morgan fingerprint density at radius 2 is 1.74 bits per heavy atom. The number of carbonyl (C=O) groups excluding carboxylic acids is 2. The van der Waals surface area contributed by atoms with Crippen molar-refractivity contribution in [2.75, 3.05) is 0 Å². The maximum atomic E-state index is 12.3. The van der Waals surface area contributed by atoms with Crippen LogP contribution in [0.2, 0.25) is 0 Å². The third-order valence-electron chi connectivity index (χ3n) is 4.15. The number of fused-ring (bicyclic) bond motifs is 1. The second-order valence-electron chi connectivity index (χ2n) is 5.85. The molecule has 4 rings (SSSR count). The van der Waals surface area contributed by atoms with E-state index in [9.17, 15) is 9.59 Å². The molecule has 0 aliphatic carbocycles. The summed E-state index contributed by atoms with van der Waals surface area (Å²) in [5.41, 5.74) is 7.27. The first-order chi connectivity index (χ1) is 13.1. The largest absolute Gasteiger partial charge is 0.451 e. The number of rotatable bonds is 3. The standard InChI is InChI=1S/C19H15N5O3/c1-12-15-4-2-3-5-16(15)27-17(12)19(26)23-22-18(25)13-6-8-14(9-7-13)24-11-20-10-21-24/h2-11H,1H3,(H,22,25)(H,23,26). The first-order valence-corrected chi connectivity index (χ1v) is 8.17. The average Bonchev–Trinajstić information content (AvgIpc) is 3.35. The Labute approximate surface area is 153 Å². The van der Waals surface area contributed by atoms with Gasteiger partial charge in [0.25, 0.3) is 5.91 Å². The fourth-order valence-electron chi connectivity index (χ4n) is 2.74. The van der Waals surface area contributed by atoms with E-state index in [1.54, 1.807) is 48.3 Å². The quantitative estimate of drug-likeness (QED) is 0.546. The van der Waals surface area contributed by atoms with Gasteiger partial charge in [-0.15, -0.1) is 0 Å². The maximum absolute atomic E-state index is 12.3. The van der Waals surface area contributed by atoms with Gasteiger partial charge in [0.1, 0.15) is 18.2 Å². The number of nitrogens with zero attached hydrogens (tertiary/aromatic N) is 3. The summed E-state index contributed by atoms with van der Waals surface area (Å²) in [4.78, 5) is 28.5. The molecule has 2 N–H and O–H groups in total. The molecule has 2 amide bonds. The molecule has 0 bridgehead atoms. The van der Waals surface area contributed by atoms with Gasteiger partial charge >= 0.3 is 5.91 Å². The van der Waals surface area contributed by atoms with E-state index in [0.29, 0.717) is 11.1 Å². The van der Waals surface area contributed by atoms with Gasteiger partial charge in [0.15, 0.2) is 5.76 Å². The molecule has 27 heavy (non-hydrogen) atoms. The highest BCUT2D eigenvalue weighted by molar-refractivity contribution is 6.01. The molecule has 0 saturated carbocycles. The van der Waals surface area contributed by atoms with Crippen molar-refractivity contribution in [3.05, 3.63) is 78.1 Å². The third-order valence-corrected chi connectivity index (χ3v) is 4.15. The number of aryl methyl sites for hydroxylation is 1. The van der Waals surface area contributed by atoms with Crippen LogP contribution in [-0.4, -0.2) is 26.6 Å². The second kappa shape index (κ2) is 6.75. The summed E-state index contributed by atoms with van der Waals surface area (Å²) >= 11 is 0. The van der Waals surface area contributed by atoms with Crippen LogP contribution in [0, 0.1) is 6.92 Å². The Balaban J connectivity index is 1.44. The SMILES string of the molecule is Cc1c(C(=O)NNC(=O)c2ccc(-n3cncn3)cc2)oc2ccccc12. The van der Waals surface area contributed by atoms with Crippen LogP contribution in [0.25, 0.3) is 16.7 Å². The Hall–Kier alpha value is -3.94. The fraction of sp³-hybridized carbons (Fsp3) is 0.0526. The molecule has 2 heterocycles. The Morgan fingerprint density at radius 1 is 1.00 bits per heavy atom. The van der Waals surface area contributed by atoms with Crippen molar-refractivity contribution in [2.45, 2.75) is 6.92 Å². The third kappa shape index (κ3) is 3.15. The number of hydrogen-bond acceptors (Lipinski definition) is 5. The van der Waals surface area contributed by atoms with Gasteiger partial charge in [-0.25, -0.2) is 9.67 Å². The van der Waals surface area contributed by atoms with Crippen molar-refractivity contribution in [1.29, 1.82) is 0 Å². The minimum atomic E-state index is -0.517. The van der Waals surface area contributed by atoms with Crippen LogP contribution in [0.5, 0.6) is 0 Å². The van der Waals surface area contributed by atoms with Gasteiger partial charge in [-0.2, -0.15) is 5.10 Å². The number of carbonyl (C=O) groups is 2. The number of furan rings is 1. The monoisotopic (exact) mass is 361 g/mol. The number of para-hydroxylation sites is 1. The molecule has 0 atom stereocenters. The van der Waals surface area contributed by atoms with Crippen LogP contribution < -0.4 is 10.9 Å². The van der Waals surface area contributed by atoms with E-state index >= 15 is 0 Å². The van der Waals surface area contributed by atoms with E-state index < -0.39 is 11.8 Å². The predicted molar refractivity (Wildman–Crippen MR) is 97.2 cm³/mol. The summed E-state index contributed by atoms with van der Waals surface area (Å²) in [5.74, 6) is -0.795. The molecule has 0 fully saturated rings. The zero-order chi connectivity index (χ0) is 18.8. The van der Waals surface area contributed by atoms with Crippen LogP contribution >= 0.6 is 0 Å². The Morgan fingerprint density at radius 3 is 2.44 bits per heavy atom. The number of amides is 2. The van der Waals surface area contributed by atoms with Crippen LogP contribution in [-0.2, 0) is 0 Å². The molecule has 0 unspecified atom stereocenters. The summed E-state index contributed by atoms with van der Waals surface area (Å²) in [6.45, 7) is 1.80. The topological polar surface area (TPSA) is 102 Å². The van der Waals surface area contributed by atoms with Crippen molar-refractivity contribution < 1.29 is 14.0 Å². The lowest BCUT2D eigenvalue weighted by Crippen LogP contribution is -2.41. The molecule has 0 saturated heterocycles. The van der Waals surface area contributed by atoms with Crippen LogP contribution in [0.3, 0.4) is 0 Å². The van der Waals surface area contributed by atoms with Crippen LogP contribution in [0.15, 0.2) is 65.6 Å². The minimum absolute atomic E-state index is 0.165. The number of aromatic nitrogens is 3. The van der Waals surface area contributed by atoms with Crippen molar-refractivity contribution in [3.63, 3.8) is 0 Å². The number of nitrogens with one attached hydrogen (secondary N) is 2. The van der Waals surface area contributed by atoms with Crippen molar-refractivity contribution >= 4 is 22.8 Å². The number of hydrogen-bond donors (Lipinski definition) is 2. The van der Waals surface area contributed by atoms with E-state index in [4.69, 9.17) is 4.42 Å². The summed E-state index contributed by atoms with van der Waals surface area (Å²) in [5, 5.41) is 4.88. The first-order valence-electron chi connectivity index (χ1n) is 8.17. The molecule has 0 aliphatic heterocycles. The molecule has 0 spiro atoms. The summed E-state index contributed by atoms with van der Waals surface area (Å²) in [6, 6.07) is 14.1. The predicted octanol–water partition coefficient (Wildman–Crippen LogP) is 2.40. The Kier molecular flexibility index (Phi) is 4.13. The van der Waals surface area contributed by atoms with E-state index in [1.807, 2.05) is 18.2 Å². The highest BCUT2D eigenvalue weighted by Crippen LogP contribution is 2.24. The van der Waals surface area contributed by atoms with Crippen molar-refractivity contribution in [2.24, 2.45) is 0 Å². The molecule has 2 aromatic heterocycles. The molecule has 0 aliphatic rings. The van der Waals surface area contributed by atoms with E-state index in [-0.39, 0.29) is 5.76 Å². The molecule has 8 heteroatoms. The normalized spacial score (nSPS) is 10.7. The molecule has 0 radical (unpaired) electrons. The lowest BCUT2D eigenvalue weighted by atomic mass is 10.1. The molecule has 2 aromatic carbocycles. The number of hydrazine groups is 1. The van der Waals surface area contributed by atoms with Crippen molar-refractivity contribution in [3.8, 4) is 5.69 Å². The molecule has 134 valence electrons. The van der Waals surface area contributed by atoms with E-state index in [1.165, 1.54) is 6.33 Å². The highest BCUT2D eigenvalue weighted by Gasteiger charge is 2.18. The van der Waals surface area contributed by atoms with Gasteiger partial charge in [-0.1, -0.05) is 18.2 Å². The van der Waals surface area contributed by atoms with Gasteiger partial charge in [-0.05, 0) is 37.3 Å². The molecular weight excluding hydrogens is 346 g/mol. The maximum Gasteiger partial charge on any atom is 0.305 e. The lowest BCUT2D eigenvalue weighted by Gasteiger charge is -2.07. The second-order valence-corrected chi connectivity index (χ2v) is 5.85. The zero-order valence-electron chi connectivity index (χ0n) is 14.3. The lowest BCUT2D eigenvalue weighted by molar-refractivity contribution is 0.0831. The molecule has 8 nitrogen and oxygen atoms in total. The van der Waals surface area contributed by atoms with Gasteiger partial charge < -0.3 is 4.42 Å². The zero-order valence-corrected chi connectivity index (χ0v) is 14.3. The van der Waals surface area contributed by atoms with Crippen LogP contribution in [0.4, 0.5) is 0 Å². The number of benzene rings is 2. The summed E-state index contributed by atoms with van der Waals surface area (Å²) < 4.78 is 7.15. The van der Waals surface area contributed by atoms with Crippen molar-refractivity contribution in [1.82, 2.24) is 25.6 Å².